The molecule has 1 N–H and O–H groups in total. The molecule has 2 heterocycles. The fourth-order valence-electron chi connectivity index (χ4n) is 3.19. The number of nitrogens with one attached hydrogen (secondary N) is 1. The summed E-state index contributed by atoms with van der Waals surface area (Å²) in [5.74, 6) is 0.595. The first-order valence-corrected chi connectivity index (χ1v) is 9.40. The van der Waals surface area contributed by atoms with Crippen LogP contribution in [0.5, 0.6) is 5.75 Å². The first-order chi connectivity index (χ1) is 12.7. The molecule has 0 unspecified atom stereocenters. The van der Waals surface area contributed by atoms with Crippen LogP contribution in [-0.2, 0) is 24.2 Å². The molecule has 134 valence electrons. The fourth-order valence-corrected chi connectivity index (χ4v) is 4.47. The molecule has 0 saturated heterocycles. The van der Waals surface area contributed by atoms with Crippen LogP contribution in [0, 0.1) is 0 Å². The number of hydrogen-bond donors (Lipinski definition) is 1. The van der Waals surface area contributed by atoms with Crippen molar-refractivity contribution in [3.8, 4) is 5.75 Å². The van der Waals surface area contributed by atoms with Gasteiger partial charge in [0.25, 0.3) is 5.56 Å². The smallest absolute Gasteiger partial charge is 0.338 e. The molecule has 0 aliphatic heterocycles. The van der Waals surface area contributed by atoms with Crippen molar-refractivity contribution in [2.45, 2.75) is 32.8 Å². The highest BCUT2D eigenvalue weighted by Crippen LogP contribution is 2.34. The molecule has 1 aliphatic carbocycles. The molecule has 0 fully saturated rings. The Bertz CT molecular complexity index is 1020. The van der Waals surface area contributed by atoms with Gasteiger partial charge in [-0.15, -0.1) is 11.3 Å². The summed E-state index contributed by atoms with van der Waals surface area (Å²) in [6.45, 7) is 2.40. The molecule has 0 radical (unpaired) electrons. The van der Waals surface area contributed by atoms with E-state index in [-0.39, 0.29) is 12.2 Å². The molecule has 1 aliphatic rings. The van der Waals surface area contributed by atoms with Gasteiger partial charge in [0.15, 0.2) is 0 Å². The average molecular weight is 370 g/mol. The first-order valence-electron chi connectivity index (χ1n) is 8.59. The minimum absolute atomic E-state index is 0.0697. The number of carbonyl (C=O) groups excluding carboxylic acids is 1. The van der Waals surface area contributed by atoms with E-state index < -0.39 is 5.97 Å². The van der Waals surface area contributed by atoms with Crippen molar-refractivity contribution in [3.05, 3.63) is 56.4 Å². The maximum absolute atomic E-state index is 12.4. The predicted molar refractivity (Wildman–Crippen MR) is 99.0 cm³/mol. The molecule has 26 heavy (non-hydrogen) atoms. The monoisotopic (exact) mass is 370 g/mol. The number of rotatable bonds is 5. The van der Waals surface area contributed by atoms with Crippen LogP contribution in [0.15, 0.2) is 29.1 Å². The zero-order chi connectivity index (χ0) is 18.1. The lowest BCUT2D eigenvalue weighted by atomic mass is 10.2. The SMILES string of the molecule is CCOc1ccc(C(=O)OCc2nc3sc4c(c3c(=O)[nH]2)CCC4)cc1. The van der Waals surface area contributed by atoms with Gasteiger partial charge in [0.1, 0.15) is 23.0 Å². The van der Waals surface area contributed by atoms with E-state index in [0.29, 0.717) is 29.1 Å². The number of fused-ring (bicyclic) bond motifs is 3. The van der Waals surface area contributed by atoms with Crippen LogP contribution >= 0.6 is 11.3 Å². The number of benzene rings is 1. The number of esters is 1. The molecule has 0 atom stereocenters. The van der Waals surface area contributed by atoms with E-state index in [1.165, 1.54) is 4.88 Å². The molecule has 4 rings (SSSR count). The Morgan fingerprint density at radius 3 is 2.85 bits per heavy atom. The second-order valence-corrected chi connectivity index (χ2v) is 7.17. The van der Waals surface area contributed by atoms with Crippen molar-refractivity contribution < 1.29 is 14.3 Å². The zero-order valence-corrected chi connectivity index (χ0v) is 15.1. The van der Waals surface area contributed by atoms with Crippen molar-refractivity contribution >= 4 is 27.5 Å². The molecule has 1 aromatic carbocycles. The van der Waals surface area contributed by atoms with Crippen molar-refractivity contribution in [1.82, 2.24) is 9.97 Å². The molecular formula is C19H18N2O4S. The summed E-state index contributed by atoms with van der Waals surface area (Å²) in [6, 6.07) is 6.74. The van der Waals surface area contributed by atoms with Crippen molar-refractivity contribution in [3.63, 3.8) is 0 Å². The second kappa shape index (κ2) is 6.92. The Morgan fingerprint density at radius 1 is 1.27 bits per heavy atom. The summed E-state index contributed by atoms with van der Waals surface area (Å²) in [5, 5.41) is 0.698. The van der Waals surface area contributed by atoms with Crippen LogP contribution in [0.25, 0.3) is 10.2 Å². The van der Waals surface area contributed by atoms with E-state index in [1.807, 2.05) is 6.92 Å². The maximum atomic E-state index is 12.4. The quantitative estimate of drug-likeness (QED) is 0.698. The Kier molecular flexibility index (Phi) is 4.46. The van der Waals surface area contributed by atoms with Crippen LogP contribution in [0.2, 0.25) is 0 Å². The van der Waals surface area contributed by atoms with E-state index in [4.69, 9.17) is 9.47 Å². The van der Waals surface area contributed by atoms with Crippen molar-refractivity contribution in [2.75, 3.05) is 6.61 Å². The summed E-state index contributed by atoms with van der Waals surface area (Å²) in [5.41, 5.74) is 1.41. The molecule has 7 heteroatoms. The minimum Gasteiger partial charge on any atom is -0.494 e. The predicted octanol–water partition coefficient (Wildman–Crippen LogP) is 3.23. The van der Waals surface area contributed by atoms with Gasteiger partial charge in [0.2, 0.25) is 0 Å². The summed E-state index contributed by atoms with van der Waals surface area (Å²) in [4.78, 5) is 33.7. The normalized spacial score (nSPS) is 13.0. The molecule has 0 spiro atoms. The average Bonchev–Trinajstić information content (AvgIpc) is 3.21. The third kappa shape index (κ3) is 3.10. The molecule has 0 saturated carbocycles. The number of ether oxygens (including phenoxy) is 2. The molecule has 0 amide bonds. The lowest BCUT2D eigenvalue weighted by Gasteiger charge is -2.06. The Morgan fingerprint density at radius 2 is 2.08 bits per heavy atom. The van der Waals surface area contributed by atoms with E-state index in [2.05, 4.69) is 9.97 Å². The lowest BCUT2D eigenvalue weighted by Crippen LogP contribution is -2.14. The second-order valence-electron chi connectivity index (χ2n) is 6.08. The topological polar surface area (TPSA) is 81.3 Å². The summed E-state index contributed by atoms with van der Waals surface area (Å²) in [7, 11) is 0. The van der Waals surface area contributed by atoms with Gasteiger partial charge in [-0.25, -0.2) is 9.78 Å². The van der Waals surface area contributed by atoms with Crippen LogP contribution in [-0.4, -0.2) is 22.5 Å². The largest absolute Gasteiger partial charge is 0.494 e. The molecule has 2 aromatic heterocycles. The third-order valence-corrected chi connectivity index (χ3v) is 5.55. The van der Waals surface area contributed by atoms with E-state index in [0.717, 1.165) is 29.7 Å². The van der Waals surface area contributed by atoms with Gasteiger partial charge < -0.3 is 14.5 Å². The highest BCUT2D eigenvalue weighted by molar-refractivity contribution is 7.18. The van der Waals surface area contributed by atoms with Crippen LogP contribution < -0.4 is 10.3 Å². The first kappa shape index (κ1) is 16.8. The molecular weight excluding hydrogens is 352 g/mol. The zero-order valence-electron chi connectivity index (χ0n) is 14.3. The van der Waals surface area contributed by atoms with E-state index in [1.54, 1.807) is 35.6 Å². The Labute approximate surface area is 153 Å². The number of nitrogens with zero attached hydrogens (tertiary/aromatic N) is 1. The van der Waals surface area contributed by atoms with Gasteiger partial charge in [-0.05, 0) is 56.0 Å². The minimum atomic E-state index is -0.468. The summed E-state index contributed by atoms with van der Waals surface area (Å²) in [6.07, 6.45) is 3.04. The lowest BCUT2D eigenvalue weighted by molar-refractivity contribution is 0.0462. The Hall–Kier alpha value is -2.67. The molecule has 0 bridgehead atoms. The highest BCUT2D eigenvalue weighted by atomic mass is 32.1. The molecule has 6 nitrogen and oxygen atoms in total. The van der Waals surface area contributed by atoms with Crippen LogP contribution in [0.4, 0.5) is 0 Å². The van der Waals surface area contributed by atoms with Crippen molar-refractivity contribution in [2.24, 2.45) is 0 Å². The van der Waals surface area contributed by atoms with E-state index >= 15 is 0 Å². The number of aryl methyl sites for hydroxylation is 2. The summed E-state index contributed by atoms with van der Waals surface area (Å²) >= 11 is 1.57. The number of aromatic amines is 1. The number of hydrogen-bond acceptors (Lipinski definition) is 6. The van der Waals surface area contributed by atoms with Crippen LogP contribution in [0.1, 0.15) is 40.0 Å². The third-order valence-electron chi connectivity index (χ3n) is 4.37. The number of H-pyrrole nitrogens is 1. The van der Waals surface area contributed by atoms with Gasteiger partial charge >= 0.3 is 5.97 Å². The van der Waals surface area contributed by atoms with Crippen molar-refractivity contribution in [1.29, 1.82) is 0 Å². The standard InChI is InChI=1S/C19H18N2O4S/c1-2-24-12-8-6-11(7-9-12)19(23)25-10-15-20-17(22)16-13-4-3-5-14(13)26-18(16)21-15/h6-9H,2-5,10H2,1H3,(H,20,21,22). The summed E-state index contributed by atoms with van der Waals surface area (Å²) < 4.78 is 10.6. The van der Waals surface area contributed by atoms with Gasteiger partial charge in [-0.3, -0.25) is 4.79 Å². The molecule has 3 aromatic rings. The van der Waals surface area contributed by atoms with Gasteiger partial charge in [0, 0.05) is 4.88 Å². The van der Waals surface area contributed by atoms with E-state index in [9.17, 15) is 9.59 Å². The van der Waals surface area contributed by atoms with Gasteiger partial charge in [-0.2, -0.15) is 0 Å². The Balaban J connectivity index is 1.49. The van der Waals surface area contributed by atoms with Crippen LogP contribution in [0.3, 0.4) is 0 Å². The maximum Gasteiger partial charge on any atom is 0.338 e. The fraction of sp³-hybridized carbons (Fsp3) is 0.316. The number of carbonyl (C=O) groups is 1. The van der Waals surface area contributed by atoms with Gasteiger partial charge in [0.05, 0.1) is 17.6 Å². The highest BCUT2D eigenvalue weighted by Gasteiger charge is 2.21. The van der Waals surface area contributed by atoms with Gasteiger partial charge in [-0.1, -0.05) is 0 Å². The number of thiophene rings is 1. The number of aromatic nitrogens is 2.